The van der Waals surface area contributed by atoms with E-state index in [4.69, 9.17) is 10.5 Å². The second kappa shape index (κ2) is 7.14. The number of hydrogen-bond donors (Lipinski definition) is 1. The summed E-state index contributed by atoms with van der Waals surface area (Å²) in [5.41, 5.74) is 5.89. The molecule has 16 heavy (non-hydrogen) atoms. The van der Waals surface area contributed by atoms with Gasteiger partial charge in [0, 0.05) is 13.1 Å². The van der Waals surface area contributed by atoms with E-state index in [0.29, 0.717) is 12.4 Å². The lowest BCUT2D eigenvalue weighted by molar-refractivity contribution is -0.137. The number of rotatable bonds is 3. The minimum absolute atomic E-state index is 0.345. The molecule has 0 saturated carbocycles. The summed E-state index contributed by atoms with van der Waals surface area (Å²) in [7, 11) is 0. The number of nitrogens with two attached hydrogens (primary N) is 1. The lowest BCUT2D eigenvalue weighted by Gasteiger charge is -2.26. The summed E-state index contributed by atoms with van der Waals surface area (Å²) in [6.07, 6.45) is 7.52. The molecule has 2 N–H and O–H groups in total. The van der Waals surface area contributed by atoms with Gasteiger partial charge < -0.3 is 15.4 Å². The maximum absolute atomic E-state index is 11.2. The first-order chi connectivity index (χ1) is 7.74. The van der Waals surface area contributed by atoms with Crippen LogP contribution in [-0.2, 0) is 9.53 Å². The maximum atomic E-state index is 11.2. The van der Waals surface area contributed by atoms with Crippen molar-refractivity contribution >= 4 is 5.97 Å². The molecule has 1 heterocycles. The predicted molar refractivity (Wildman–Crippen MR) is 63.6 cm³/mol. The van der Waals surface area contributed by atoms with Gasteiger partial charge in [0.15, 0.2) is 0 Å². The first kappa shape index (κ1) is 12.9. The topological polar surface area (TPSA) is 55.6 Å². The Balaban J connectivity index is 2.48. The molecule has 0 aliphatic carbocycles. The van der Waals surface area contributed by atoms with E-state index in [1.165, 1.54) is 25.3 Å². The fourth-order valence-corrected chi connectivity index (χ4v) is 1.90. The van der Waals surface area contributed by atoms with Crippen LogP contribution >= 0.6 is 0 Å². The Morgan fingerprint density at radius 3 is 2.38 bits per heavy atom. The summed E-state index contributed by atoms with van der Waals surface area (Å²) in [4.78, 5) is 13.3. The van der Waals surface area contributed by atoms with Crippen molar-refractivity contribution in [3.63, 3.8) is 0 Å². The summed E-state index contributed by atoms with van der Waals surface area (Å²) >= 11 is 0. The van der Waals surface area contributed by atoms with Crippen molar-refractivity contribution < 1.29 is 9.53 Å². The van der Waals surface area contributed by atoms with E-state index < -0.39 is 0 Å². The zero-order valence-electron chi connectivity index (χ0n) is 10.1. The smallest absolute Gasteiger partial charge is 0.334 e. The SMILES string of the molecule is CCOC(=O)/C=C(\N)N1CCCCCCC1. The lowest BCUT2D eigenvalue weighted by Crippen LogP contribution is -2.31. The molecule has 0 radical (unpaired) electrons. The van der Waals surface area contributed by atoms with Crippen LogP contribution in [0.1, 0.15) is 39.0 Å². The van der Waals surface area contributed by atoms with Crippen LogP contribution in [0.5, 0.6) is 0 Å². The van der Waals surface area contributed by atoms with E-state index >= 15 is 0 Å². The molecule has 0 aromatic carbocycles. The Morgan fingerprint density at radius 1 is 1.25 bits per heavy atom. The van der Waals surface area contributed by atoms with E-state index in [-0.39, 0.29) is 5.97 Å². The van der Waals surface area contributed by atoms with Crippen LogP contribution in [0.4, 0.5) is 0 Å². The second-order valence-electron chi connectivity index (χ2n) is 4.08. The molecular formula is C12H22N2O2. The van der Waals surface area contributed by atoms with Gasteiger partial charge in [0.1, 0.15) is 5.82 Å². The van der Waals surface area contributed by atoms with Crippen LogP contribution in [0.25, 0.3) is 0 Å². The molecule has 0 amide bonds. The molecule has 0 spiro atoms. The molecule has 1 rings (SSSR count). The van der Waals surface area contributed by atoms with Gasteiger partial charge in [-0.3, -0.25) is 0 Å². The van der Waals surface area contributed by atoms with Crippen LogP contribution in [0.3, 0.4) is 0 Å². The van der Waals surface area contributed by atoms with E-state index in [1.54, 1.807) is 6.92 Å². The number of esters is 1. The standard InChI is InChI=1S/C12H22N2O2/c1-2-16-12(15)10-11(13)14-8-6-4-3-5-7-9-14/h10H,2-9,13H2,1H3/b11-10+. The molecule has 1 aliphatic heterocycles. The van der Waals surface area contributed by atoms with E-state index in [2.05, 4.69) is 4.90 Å². The van der Waals surface area contributed by atoms with Crippen LogP contribution in [0, 0.1) is 0 Å². The minimum Gasteiger partial charge on any atom is -0.463 e. The third-order valence-corrected chi connectivity index (χ3v) is 2.77. The Labute approximate surface area is 97.4 Å². The summed E-state index contributed by atoms with van der Waals surface area (Å²) < 4.78 is 4.84. The Bertz CT molecular complexity index is 243. The molecule has 1 saturated heterocycles. The van der Waals surface area contributed by atoms with Crippen LogP contribution < -0.4 is 5.73 Å². The highest BCUT2D eigenvalue weighted by molar-refractivity contribution is 5.82. The first-order valence-electron chi connectivity index (χ1n) is 6.13. The zero-order chi connectivity index (χ0) is 11.8. The highest BCUT2D eigenvalue weighted by Gasteiger charge is 2.10. The summed E-state index contributed by atoms with van der Waals surface area (Å²) in [6, 6.07) is 0. The van der Waals surface area contributed by atoms with Gasteiger partial charge in [-0.1, -0.05) is 19.3 Å². The fraction of sp³-hybridized carbons (Fsp3) is 0.750. The normalized spacial score (nSPS) is 18.8. The van der Waals surface area contributed by atoms with Gasteiger partial charge >= 0.3 is 5.97 Å². The first-order valence-corrected chi connectivity index (χ1v) is 6.13. The van der Waals surface area contributed by atoms with Gasteiger partial charge in [-0.15, -0.1) is 0 Å². The molecule has 0 atom stereocenters. The molecule has 0 aromatic rings. The minimum atomic E-state index is -0.345. The van der Waals surface area contributed by atoms with Crippen molar-refractivity contribution in [3.05, 3.63) is 11.9 Å². The number of hydrogen-bond acceptors (Lipinski definition) is 4. The van der Waals surface area contributed by atoms with Crippen molar-refractivity contribution in [2.45, 2.75) is 39.0 Å². The van der Waals surface area contributed by atoms with Crippen molar-refractivity contribution in [3.8, 4) is 0 Å². The van der Waals surface area contributed by atoms with E-state index in [9.17, 15) is 4.79 Å². The van der Waals surface area contributed by atoms with Crippen LogP contribution in [0.2, 0.25) is 0 Å². The molecule has 0 unspecified atom stereocenters. The zero-order valence-corrected chi connectivity index (χ0v) is 10.1. The largest absolute Gasteiger partial charge is 0.463 e. The quantitative estimate of drug-likeness (QED) is 0.587. The highest BCUT2D eigenvalue weighted by atomic mass is 16.5. The van der Waals surface area contributed by atoms with Gasteiger partial charge in [0.2, 0.25) is 0 Å². The van der Waals surface area contributed by atoms with Crippen LogP contribution in [-0.4, -0.2) is 30.6 Å². The summed E-state index contributed by atoms with van der Waals surface area (Å²) in [6.45, 7) is 4.07. The number of ether oxygens (including phenoxy) is 1. The average Bonchev–Trinajstić information content (AvgIpc) is 2.16. The average molecular weight is 226 g/mol. The maximum Gasteiger partial charge on any atom is 0.334 e. The second-order valence-corrected chi connectivity index (χ2v) is 4.08. The summed E-state index contributed by atoms with van der Waals surface area (Å²) in [5.74, 6) is 0.197. The van der Waals surface area contributed by atoms with Gasteiger partial charge in [-0.2, -0.15) is 0 Å². The van der Waals surface area contributed by atoms with Gasteiger partial charge in [0.25, 0.3) is 0 Å². The van der Waals surface area contributed by atoms with Crippen molar-refractivity contribution in [1.82, 2.24) is 4.90 Å². The third kappa shape index (κ3) is 4.55. The van der Waals surface area contributed by atoms with Crippen molar-refractivity contribution in [2.24, 2.45) is 5.73 Å². The lowest BCUT2D eigenvalue weighted by atomic mass is 10.1. The van der Waals surface area contributed by atoms with Gasteiger partial charge in [-0.25, -0.2) is 4.79 Å². The monoisotopic (exact) mass is 226 g/mol. The molecule has 0 bridgehead atoms. The van der Waals surface area contributed by atoms with E-state index in [1.807, 2.05) is 0 Å². The molecule has 1 aliphatic rings. The molecule has 4 heteroatoms. The Hall–Kier alpha value is -1.19. The van der Waals surface area contributed by atoms with Gasteiger partial charge in [0.05, 0.1) is 12.7 Å². The molecule has 0 aromatic heterocycles. The number of carbonyl (C=O) groups excluding carboxylic acids is 1. The third-order valence-electron chi connectivity index (χ3n) is 2.77. The Kier molecular flexibility index (Phi) is 5.75. The fourth-order valence-electron chi connectivity index (χ4n) is 1.90. The molecule has 4 nitrogen and oxygen atoms in total. The highest BCUT2D eigenvalue weighted by Crippen LogP contribution is 2.12. The van der Waals surface area contributed by atoms with Gasteiger partial charge in [-0.05, 0) is 19.8 Å². The Morgan fingerprint density at radius 2 is 1.81 bits per heavy atom. The van der Waals surface area contributed by atoms with Crippen molar-refractivity contribution in [2.75, 3.05) is 19.7 Å². The molecular weight excluding hydrogens is 204 g/mol. The molecule has 1 fully saturated rings. The number of carbonyl (C=O) groups is 1. The molecule has 92 valence electrons. The van der Waals surface area contributed by atoms with Crippen LogP contribution in [0.15, 0.2) is 11.9 Å². The summed E-state index contributed by atoms with van der Waals surface area (Å²) in [5, 5.41) is 0. The predicted octanol–water partition coefficient (Wildman–Crippen LogP) is 1.62. The number of nitrogens with zero attached hydrogens (tertiary/aromatic N) is 1. The number of likely N-dealkylation sites (tertiary alicyclic amines) is 1. The van der Waals surface area contributed by atoms with E-state index in [0.717, 1.165) is 25.9 Å². The van der Waals surface area contributed by atoms with Crippen molar-refractivity contribution in [1.29, 1.82) is 0 Å².